The van der Waals surface area contributed by atoms with Crippen LogP contribution in [0.15, 0.2) is 30.4 Å². The third-order valence-electron chi connectivity index (χ3n) is 7.28. The number of hydrogen-bond acceptors (Lipinski definition) is 0. The van der Waals surface area contributed by atoms with Crippen molar-refractivity contribution in [1.29, 1.82) is 0 Å². The van der Waals surface area contributed by atoms with Crippen LogP contribution >= 0.6 is 0 Å². The van der Waals surface area contributed by atoms with Gasteiger partial charge in [0.2, 0.25) is 0 Å². The number of rotatable bonds is 9. The predicted molar refractivity (Wildman–Crippen MR) is 124 cm³/mol. The van der Waals surface area contributed by atoms with Gasteiger partial charge in [0.25, 0.3) is 0 Å². The van der Waals surface area contributed by atoms with Crippen LogP contribution in [0, 0.1) is 29.4 Å². The van der Waals surface area contributed by atoms with E-state index >= 15 is 0 Å². The van der Waals surface area contributed by atoms with Gasteiger partial charge in [0.05, 0.1) is 0 Å². The third kappa shape index (κ3) is 6.53. The molecule has 3 rings (SSSR count). The molecule has 0 aliphatic heterocycles. The molecule has 1 aromatic carbocycles. The molecule has 2 heteroatoms. The van der Waals surface area contributed by atoms with Crippen molar-refractivity contribution in [2.75, 3.05) is 0 Å². The summed E-state index contributed by atoms with van der Waals surface area (Å²) in [7, 11) is 0. The number of unbranched alkanes of at least 4 members (excludes halogenated alkanes) is 2. The Kier molecular flexibility index (Phi) is 9.15. The first-order valence-electron chi connectivity index (χ1n) is 12.4. The first kappa shape index (κ1) is 23.2. The lowest BCUT2D eigenvalue weighted by molar-refractivity contribution is 0.289. The molecule has 1 aromatic rings. The lowest BCUT2D eigenvalue weighted by Crippen LogP contribution is -2.13. The molecular formula is C28H40F2. The van der Waals surface area contributed by atoms with Gasteiger partial charge in [0.1, 0.15) is 0 Å². The largest absolute Gasteiger partial charge is 0.203 e. The molecule has 0 saturated heterocycles. The van der Waals surface area contributed by atoms with Gasteiger partial charge < -0.3 is 0 Å². The van der Waals surface area contributed by atoms with Gasteiger partial charge in [0.15, 0.2) is 11.6 Å². The summed E-state index contributed by atoms with van der Waals surface area (Å²) in [6, 6.07) is 3.58. The van der Waals surface area contributed by atoms with E-state index in [-0.39, 0.29) is 0 Å². The molecule has 0 radical (unpaired) electrons. The maximum absolute atomic E-state index is 14.7. The van der Waals surface area contributed by atoms with E-state index in [0.29, 0.717) is 29.4 Å². The second-order valence-electron chi connectivity index (χ2n) is 9.75. The lowest BCUT2D eigenvalue weighted by atomic mass is 9.79. The molecule has 0 amide bonds. The fourth-order valence-corrected chi connectivity index (χ4v) is 5.12. The van der Waals surface area contributed by atoms with Crippen molar-refractivity contribution in [3.63, 3.8) is 0 Å². The van der Waals surface area contributed by atoms with Crippen molar-refractivity contribution in [2.24, 2.45) is 17.8 Å². The molecule has 1 atom stereocenters. The van der Waals surface area contributed by atoms with Gasteiger partial charge in [-0.05, 0) is 86.7 Å². The summed E-state index contributed by atoms with van der Waals surface area (Å²) in [4.78, 5) is 0. The van der Waals surface area contributed by atoms with Crippen LogP contribution < -0.4 is 0 Å². The normalized spacial score (nSPS) is 24.9. The number of allylic oxidation sites excluding steroid dienone is 4. The number of hydrogen-bond donors (Lipinski definition) is 0. The molecule has 0 spiro atoms. The highest BCUT2D eigenvalue weighted by molar-refractivity contribution is 5.67. The molecular weight excluding hydrogens is 374 g/mol. The monoisotopic (exact) mass is 414 g/mol. The molecule has 2 aliphatic rings. The van der Waals surface area contributed by atoms with Crippen molar-refractivity contribution in [3.8, 4) is 0 Å². The van der Waals surface area contributed by atoms with Crippen LogP contribution in [0.4, 0.5) is 8.78 Å². The Labute approximate surface area is 182 Å². The summed E-state index contributed by atoms with van der Waals surface area (Å²) in [5, 5.41) is 0. The fraction of sp³-hybridized carbons (Fsp3) is 0.643. The zero-order chi connectivity index (χ0) is 21.3. The van der Waals surface area contributed by atoms with Crippen LogP contribution in [0.1, 0.15) is 102 Å². The molecule has 1 fully saturated rings. The molecule has 1 saturated carbocycles. The number of benzene rings is 1. The molecule has 0 N–H and O–H groups in total. The molecule has 0 bridgehead atoms. The Balaban J connectivity index is 1.46. The van der Waals surface area contributed by atoms with Gasteiger partial charge in [-0.1, -0.05) is 69.9 Å². The van der Waals surface area contributed by atoms with Crippen LogP contribution in [0.5, 0.6) is 0 Å². The smallest absolute Gasteiger partial charge is 0.166 e. The molecule has 0 heterocycles. The van der Waals surface area contributed by atoms with E-state index in [9.17, 15) is 8.78 Å². The summed E-state index contributed by atoms with van der Waals surface area (Å²) < 4.78 is 29.3. The van der Waals surface area contributed by atoms with Crippen LogP contribution in [0.2, 0.25) is 0 Å². The summed E-state index contributed by atoms with van der Waals surface area (Å²) in [6.45, 7) is 4.48. The zero-order valence-corrected chi connectivity index (χ0v) is 19.1. The van der Waals surface area contributed by atoms with Crippen LogP contribution in [-0.2, 0) is 6.42 Å². The molecule has 30 heavy (non-hydrogen) atoms. The standard InChI is InChI=1S/C28H40F2/c1-3-4-5-8-22-13-15-23(16-14-22)9-6-7-10-25-19-20-26(28(30)27(25)29)24-17-11-21(2)12-18-24/h6,9,17,19-23H,3-5,7-8,10-16,18H2,1-2H3/b9-6+. The van der Waals surface area contributed by atoms with E-state index in [0.717, 1.165) is 37.2 Å². The van der Waals surface area contributed by atoms with Crippen molar-refractivity contribution in [1.82, 2.24) is 0 Å². The van der Waals surface area contributed by atoms with Crippen molar-refractivity contribution in [3.05, 3.63) is 53.1 Å². The Morgan fingerprint density at radius 2 is 1.80 bits per heavy atom. The molecule has 2 aliphatic carbocycles. The minimum atomic E-state index is -0.654. The second-order valence-corrected chi connectivity index (χ2v) is 9.75. The summed E-state index contributed by atoms with van der Waals surface area (Å²) in [5.74, 6) is 0.951. The average Bonchev–Trinajstić information content (AvgIpc) is 2.76. The maximum Gasteiger partial charge on any atom is 0.166 e. The van der Waals surface area contributed by atoms with Crippen LogP contribution in [0.25, 0.3) is 5.57 Å². The van der Waals surface area contributed by atoms with E-state index in [2.05, 4.69) is 32.1 Å². The highest BCUT2D eigenvalue weighted by atomic mass is 19.2. The first-order chi connectivity index (χ1) is 14.6. The van der Waals surface area contributed by atoms with E-state index in [1.165, 1.54) is 51.4 Å². The third-order valence-corrected chi connectivity index (χ3v) is 7.28. The number of halogens is 2. The summed E-state index contributed by atoms with van der Waals surface area (Å²) in [5.41, 5.74) is 1.95. The molecule has 0 aromatic heterocycles. The minimum Gasteiger partial charge on any atom is -0.203 e. The topological polar surface area (TPSA) is 0 Å². The Bertz CT molecular complexity index is 722. The van der Waals surface area contributed by atoms with E-state index in [4.69, 9.17) is 0 Å². The van der Waals surface area contributed by atoms with Crippen LogP contribution in [0.3, 0.4) is 0 Å². The maximum atomic E-state index is 14.7. The van der Waals surface area contributed by atoms with Gasteiger partial charge in [-0.15, -0.1) is 0 Å². The number of aryl methyl sites for hydroxylation is 1. The molecule has 166 valence electrons. The zero-order valence-electron chi connectivity index (χ0n) is 19.1. The fourth-order valence-electron chi connectivity index (χ4n) is 5.12. The average molecular weight is 415 g/mol. The highest BCUT2D eigenvalue weighted by Gasteiger charge is 2.20. The van der Waals surface area contributed by atoms with E-state index < -0.39 is 11.6 Å². The first-order valence-corrected chi connectivity index (χ1v) is 12.4. The van der Waals surface area contributed by atoms with Gasteiger partial charge in [-0.2, -0.15) is 0 Å². The quantitative estimate of drug-likeness (QED) is 0.279. The van der Waals surface area contributed by atoms with Gasteiger partial charge in [0, 0.05) is 5.56 Å². The lowest BCUT2D eigenvalue weighted by Gasteiger charge is -2.26. The summed E-state index contributed by atoms with van der Waals surface area (Å²) >= 11 is 0. The van der Waals surface area contributed by atoms with Crippen molar-refractivity contribution >= 4 is 5.57 Å². The SMILES string of the molecule is CCCCCC1CCC(/C=C/CCc2ccc(C3=CCC(C)CC3)c(F)c2F)CC1. The van der Waals surface area contributed by atoms with Gasteiger partial charge >= 0.3 is 0 Å². The molecule has 1 unspecified atom stereocenters. The second kappa shape index (κ2) is 11.8. The predicted octanol–water partition coefficient (Wildman–Crippen LogP) is 9.04. The van der Waals surface area contributed by atoms with E-state index in [1.54, 1.807) is 12.1 Å². The van der Waals surface area contributed by atoms with Gasteiger partial charge in [-0.25, -0.2) is 8.78 Å². The van der Waals surface area contributed by atoms with E-state index in [1.807, 2.05) is 0 Å². The Hall–Kier alpha value is -1.44. The van der Waals surface area contributed by atoms with Crippen molar-refractivity contribution in [2.45, 2.75) is 97.3 Å². The van der Waals surface area contributed by atoms with Crippen molar-refractivity contribution < 1.29 is 8.78 Å². The summed E-state index contributed by atoms with van der Waals surface area (Å²) in [6.07, 6.45) is 21.6. The Morgan fingerprint density at radius 3 is 2.50 bits per heavy atom. The Morgan fingerprint density at radius 1 is 1.00 bits per heavy atom. The highest BCUT2D eigenvalue weighted by Crippen LogP contribution is 2.34. The molecule has 0 nitrogen and oxygen atoms in total. The minimum absolute atomic E-state index is 0.467. The van der Waals surface area contributed by atoms with Gasteiger partial charge in [-0.3, -0.25) is 0 Å². The van der Waals surface area contributed by atoms with Crippen LogP contribution in [-0.4, -0.2) is 0 Å².